The van der Waals surface area contributed by atoms with Crippen molar-refractivity contribution in [3.63, 3.8) is 0 Å². The van der Waals surface area contributed by atoms with Gasteiger partial charge in [-0.05, 0) is 75.5 Å². The summed E-state index contributed by atoms with van der Waals surface area (Å²) in [6, 6.07) is 6.84. The second kappa shape index (κ2) is 8.67. The molecule has 1 aromatic heterocycles. The van der Waals surface area contributed by atoms with Crippen LogP contribution in [0.3, 0.4) is 0 Å². The van der Waals surface area contributed by atoms with Gasteiger partial charge in [-0.15, -0.1) is 0 Å². The second-order valence-corrected chi connectivity index (χ2v) is 11.0. The fraction of sp³-hybridized carbons (Fsp3) is 0.481. The normalized spacial score (nSPS) is 24.9. The minimum absolute atomic E-state index is 0.0914. The maximum atomic E-state index is 13.9. The first-order chi connectivity index (χ1) is 17.9. The number of carbonyl (C=O) groups excluding carboxylic acids is 1. The summed E-state index contributed by atoms with van der Waals surface area (Å²) in [5.74, 6) is -0.0841. The van der Waals surface area contributed by atoms with Gasteiger partial charge in [0.05, 0.1) is 22.1 Å². The van der Waals surface area contributed by atoms with Gasteiger partial charge in [0.2, 0.25) is 5.91 Å². The largest absolute Gasteiger partial charge is 0.492 e. The fourth-order valence-electron chi connectivity index (χ4n) is 6.13. The highest BCUT2D eigenvalue weighted by Crippen LogP contribution is 2.46. The first kappa shape index (κ1) is 25.1. The number of piperidine rings is 1. The highest BCUT2D eigenvalue weighted by atomic mass is 19.4. The average molecular weight is 533 g/mol. The molecule has 0 radical (unpaired) electrons. The van der Waals surface area contributed by atoms with Gasteiger partial charge < -0.3 is 20.1 Å². The van der Waals surface area contributed by atoms with Crippen molar-refractivity contribution in [3.8, 4) is 5.75 Å². The molecule has 1 amide bonds. The van der Waals surface area contributed by atoms with E-state index in [1.807, 2.05) is 0 Å². The summed E-state index contributed by atoms with van der Waals surface area (Å²) in [5.41, 5.74) is -1.01. The Hall–Kier alpha value is -3.18. The molecule has 1 saturated heterocycles. The minimum atomic E-state index is -4.60. The highest BCUT2D eigenvalue weighted by Gasteiger charge is 2.48. The number of fused-ring (bicyclic) bond motifs is 3. The van der Waals surface area contributed by atoms with Gasteiger partial charge in [-0.3, -0.25) is 9.69 Å². The number of alkyl halides is 3. The predicted molar refractivity (Wildman–Crippen MR) is 132 cm³/mol. The number of nitrogens with one attached hydrogen (secondary N) is 2. The topological polar surface area (TPSA) is 90.5 Å². The molecule has 3 aromatic rings. The summed E-state index contributed by atoms with van der Waals surface area (Å²) in [6.45, 7) is 3.49. The number of aromatic amines is 1. The molecule has 11 heteroatoms. The number of aliphatic hydroxyl groups is 1. The number of carbonyl (C=O) groups is 1. The van der Waals surface area contributed by atoms with Gasteiger partial charge in [-0.1, -0.05) is 0 Å². The molecule has 3 aliphatic rings. The number of amides is 1. The quantitative estimate of drug-likeness (QED) is 0.414. The number of likely N-dealkylation sites (tertiary alicyclic amines) is 1. The van der Waals surface area contributed by atoms with Gasteiger partial charge in [-0.25, -0.2) is 9.37 Å². The lowest BCUT2D eigenvalue weighted by Gasteiger charge is -2.39. The Balaban J connectivity index is 1.12. The first-order valence-electron chi connectivity index (χ1n) is 12.7. The molecule has 1 aliphatic carbocycles. The van der Waals surface area contributed by atoms with Crippen molar-refractivity contribution in [1.82, 2.24) is 14.9 Å². The molecule has 38 heavy (non-hydrogen) atoms. The number of hydrogen-bond donors (Lipinski definition) is 3. The number of rotatable bonds is 5. The van der Waals surface area contributed by atoms with Crippen LogP contribution in [-0.2, 0) is 16.4 Å². The smallest absolute Gasteiger partial charge is 0.418 e. The molecule has 0 unspecified atom stereocenters. The molecular formula is C27H28F4N4O3. The van der Waals surface area contributed by atoms with Crippen LogP contribution in [0.2, 0.25) is 0 Å². The Morgan fingerprint density at radius 3 is 2.61 bits per heavy atom. The molecule has 0 atom stereocenters. The third-order valence-electron chi connectivity index (χ3n) is 8.21. The van der Waals surface area contributed by atoms with Gasteiger partial charge in [-0.2, -0.15) is 13.2 Å². The number of hydrogen-bond acceptors (Lipinski definition) is 5. The number of halogens is 4. The second-order valence-electron chi connectivity index (χ2n) is 11.0. The molecule has 2 aliphatic heterocycles. The van der Waals surface area contributed by atoms with E-state index in [9.17, 15) is 27.5 Å². The molecule has 2 aromatic carbocycles. The summed E-state index contributed by atoms with van der Waals surface area (Å²) < 4.78 is 61.1. The minimum Gasteiger partial charge on any atom is -0.492 e. The van der Waals surface area contributed by atoms with Crippen molar-refractivity contribution in [3.05, 3.63) is 53.1 Å². The third-order valence-corrected chi connectivity index (χ3v) is 8.21. The number of aromatic nitrogens is 2. The first-order valence-corrected chi connectivity index (χ1v) is 12.7. The van der Waals surface area contributed by atoms with E-state index in [1.54, 1.807) is 13.0 Å². The standard InChI is InChI=1S/C27H28F4N4O3/c1-25(37)13-15(14-25)23-32-21-12-17(11-19(22(21)34-23)27(29,30)31)38-9-8-35-6-4-26(5-7-35)18-10-16(28)2-3-20(18)33-24(26)36/h2-3,10-12,15,37H,4-9,13-14H2,1H3,(H,32,34)(H,33,36). The fourth-order valence-corrected chi connectivity index (χ4v) is 6.13. The number of imidazole rings is 1. The van der Waals surface area contributed by atoms with Crippen LogP contribution in [0.1, 0.15) is 55.5 Å². The maximum Gasteiger partial charge on any atom is 0.418 e. The van der Waals surface area contributed by atoms with Crippen LogP contribution in [0.25, 0.3) is 11.0 Å². The Morgan fingerprint density at radius 1 is 1.18 bits per heavy atom. The Labute approximate surface area is 216 Å². The van der Waals surface area contributed by atoms with Gasteiger partial charge in [0, 0.05) is 24.2 Å². The van der Waals surface area contributed by atoms with E-state index in [2.05, 4.69) is 20.2 Å². The molecule has 1 spiro atoms. The molecule has 3 N–H and O–H groups in total. The van der Waals surface area contributed by atoms with Crippen LogP contribution in [0, 0.1) is 5.82 Å². The molecular weight excluding hydrogens is 504 g/mol. The summed E-state index contributed by atoms with van der Waals surface area (Å²) >= 11 is 0. The summed E-state index contributed by atoms with van der Waals surface area (Å²) in [5, 5.41) is 12.9. The van der Waals surface area contributed by atoms with Crippen molar-refractivity contribution in [2.75, 3.05) is 31.6 Å². The van der Waals surface area contributed by atoms with E-state index in [1.165, 1.54) is 18.2 Å². The van der Waals surface area contributed by atoms with Crippen LogP contribution < -0.4 is 10.1 Å². The summed E-state index contributed by atoms with van der Waals surface area (Å²) in [4.78, 5) is 22.1. The predicted octanol–water partition coefficient (Wildman–Crippen LogP) is 4.71. The zero-order valence-corrected chi connectivity index (χ0v) is 20.8. The molecule has 2 fully saturated rings. The van der Waals surface area contributed by atoms with Crippen LogP contribution in [0.15, 0.2) is 30.3 Å². The summed E-state index contributed by atoms with van der Waals surface area (Å²) in [7, 11) is 0. The Morgan fingerprint density at radius 2 is 1.92 bits per heavy atom. The van der Waals surface area contributed by atoms with Gasteiger partial charge in [0.25, 0.3) is 0 Å². The number of anilines is 1. The van der Waals surface area contributed by atoms with Gasteiger partial charge in [0.15, 0.2) is 0 Å². The zero-order chi connectivity index (χ0) is 26.9. The van der Waals surface area contributed by atoms with E-state index in [0.29, 0.717) is 62.4 Å². The van der Waals surface area contributed by atoms with E-state index < -0.39 is 22.8 Å². The Bertz CT molecular complexity index is 1400. The van der Waals surface area contributed by atoms with Crippen LogP contribution in [0.4, 0.5) is 23.2 Å². The van der Waals surface area contributed by atoms with E-state index in [0.717, 1.165) is 6.07 Å². The number of H-pyrrole nitrogens is 1. The summed E-state index contributed by atoms with van der Waals surface area (Å²) in [6.07, 6.45) is -2.68. The van der Waals surface area contributed by atoms with Crippen LogP contribution in [-0.4, -0.2) is 57.7 Å². The third kappa shape index (κ3) is 4.31. The van der Waals surface area contributed by atoms with Crippen LogP contribution >= 0.6 is 0 Å². The Kier molecular flexibility index (Phi) is 5.73. The number of benzene rings is 2. The number of nitrogens with zero attached hydrogens (tertiary/aromatic N) is 2. The van der Waals surface area contributed by atoms with Crippen molar-refractivity contribution < 1.29 is 32.2 Å². The highest BCUT2D eigenvalue weighted by molar-refractivity contribution is 6.06. The van der Waals surface area contributed by atoms with E-state index in [4.69, 9.17) is 4.74 Å². The van der Waals surface area contributed by atoms with E-state index in [-0.39, 0.29) is 41.0 Å². The molecule has 7 nitrogen and oxygen atoms in total. The lowest BCUT2D eigenvalue weighted by molar-refractivity contribution is -0.136. The van der Waals surface area contributed by atoms with Gasteiger partial charge >= 0.3 is 6.18 Å². The molecule has 6 rings (SSSR count). The number of ether oxygens (including phenoxy) is 1. The molecule has 0 bridgehead atoms. The zero-order valence-electron chi connectivity index (χ0n) is 20.8. The monoisotopic (exact) mass is 532 g/mol. The van der Waals surface area contributed by atoms with Crippen molar-refractivity contribution in [2.24, 2.45) is 0 Å². The van der Waals surface area contributed by atoms with Crippen LogP contribution in [0.5, 0.6) is 5.75 Å². The molecule has 202 valence electrons. The van der Waals surface area contributed by atoms with E-state index >= 15 is 0 Å². The van der Waals surface area contributed by atoms with Gasteiger partial charge in [0.1, 0.15) is 29.5 Å². The molecule has 3 heterocycles. The van der Waals surface area contributed by atoms with Crippen molar-refractivity contribution in [1.29, 1.82) is 0 Å². The maximum absolute atomic E-state index is 13.9. The lowest BCUT2D eigenvalue weighted by Crippen LogP contribution is -2.47. The molecule has 1 saturated carbocycles. The van der Waals surface area contributed by atoms with Crippen molar-refractivity contribution in [2.45, 2.75) is 55.7 Å². The lowest BCUT2D eigenvalue weighted by atomic mass is 9.72. The van der Waals surface area contributed by atoms with Crippen molar-refractivity contribution >= 4 is 22.6 Å². The average Bonchev–Trinajstić information content (AvgIpc) is 3.37. The SMILES string of the molecule is CC1(O)CC(c2nc3c(C(F)(F)F)cc(OCCN4CCC5(CC4)C(=O)Nc4ccc(F)cc45)cc3[nH]2)C1.